The minimum absolute atomic E-state index is 0.119. The quantitative estimate of drug-likeness (QED) is 0.799. The minimum Gasteiger partial charge on any atom is -0.348 e. The third-order valence-electron chi connectivity index (χ3n) is 2.80. The molecule has 0 atom stereocenters. The zero-order valence-corrected chi connectivity index (χ0v) is 11.4. The van der Waals surface area contributed by atoms with Gasteiger partial charge in [-0.1, -0.05) is 18.2 Å². The Labute approximate surface area is 120 Å². The average Bonchev–Trinajstić information content (AvgIpc) is 3.17. The van der Waals surface area contributed by atoms with Crippen molar-refractivity contribution in [1.29, 1.82) is 0 Å². The van der Waals surface area contributed by atoms with Crippen LogP contribution in [-0.2, 0) is 6.54 Å². The van der Waals surface area contributed by atoms with Crippen LogP contribution in [0.3, 0.4) is 0 Å². The van der Waals surface area contributed by atoms with E-state index in [0.717, 1.165) is 11.3 Å². The molecule has 3 aromatic rings. The molecule has 0 aliphatic carbocycles. The largest absolute Gasteiger partial charge is 0.348 e. The molecule has 0 unspecified atom stereocenters. The highest BCUT2D eigenvalue weighted by Crippen LogP contribution is 2.08. The summed E-state index contributed by atoms with van der Waals surface area (Å²) < 4.78 is 5.69. The zero-order chi connectivity index (χ0) is 13.8. The van der Waals surface area contributed by atoms with E-state index < -0.39 is 0 Å². The van der Waals surface area contributed by atoms with Gasteiger partial charge in [0, 0.05) is 23.7 Å². The van der Waals surface area contributed by atoms with E-state index in [1.165, 1.54) is 11.5 Å². The first kappa shape index (κ1) is 12.6. The summed E-state index contributed by atoms with van der Waals surface area (Å²) >= 11 is 1.26. The van der Waals surface area contributed by atoms with Crippen molar-refractivity contribution in [2.75, 3.05) is 0 Å². The first-order valence-corrected chi connectivity index (χ1v) is 6.93. The maximum atomic E-state index is 11.8. The second-order valence-electron chi connectivity index (χ2n) is 4.22. The van der Waals surface area contributed by atoms with Gasteiger partial charge in [-0.15, -0.1) is 0 Å². The van der Waals surface area contributed by atoms with E-state index >= 15 is 0 Å². The maximum absolute atomic E-state index is 11.8. The van der Waals surface area contributed by atoms with Gasteiger partial charge < -0.3 is 5.32 Å². The molecular formula is C14H12N4OS. The summed E-state index contributed by atoms with van der Waals surface area (Å²) in [7, 11) is 0. The number of aromatic nitrogens is 3. The molecule has 0 saturated carbocycles. The van der Waals surface area contributed by atoms with E-state index in [1.54, 1.807) is 22.5 Å². The topological polar surface area (TPSA) is 59.8 Å². The first-order chi connectivity index (χ1) is 9.83. The van der Waals surface area contributed by atoms with Gasteiger partial charge in [-0.25, -0.2) is 9.06 Å². The number of amides is 1. The molecule has 0 saturated heterocycles. The van der Waals surface area contributed by atoms with E-state index in [4.69, 9.17) is 0 Å². The Morgan fingerprint density at radius 1 is 1.25 bits per heavy atom. The second-order valence-corrected chi connectivity index (χ2v) is 4.88. The van der Waals surface area contributed by atoms with Gasteiger partial charge in [0.1, 0.15) is 0 Å². The predicted molar refractivity (Wildman–Crippen MR) is 76.8 cm³/mol. The Morgan fingerprint density at radius 2 is 2.10 bits per heavy atom. The predicted octanol–water partition coefficient (Wildman–Crippen LogP) is 2.26. The van der Waals surface area contributed by atoms with Crippen molar-refractivity contribution in [3.8, 4) is 5.69 Å². The number of hydrogen-bond acceptors (Lipinski definition) is 4. The molecular weight excluding hydrogens is 272 g/mol. The van der Waals surface area contributed by atoms with Crippen LogP contribution in [0.4, 0.5) is 0 Å². The Kier molecular flexibility index (Phi) is 3.56. The average molecular weight is 284 g/mol. The molecule has 2 heterocycles. The Hall–Kier alpha value is -2.47. The summed E-state index contributed by atoms with van der Waals surface area (Å²) in [6.45, 7) is 0.446. The van der Waals surface area contributed by atoms with Gasteiger partial charge >= 0.3 is 0 Å². The molecule has 0 fully saturated rings. The number of nitrogens with zero attached hydrogens (tertiary/aromatic N) is 3. The van der Waals surface area contributed by atoms with Crippen LogP contribution in [0.2, 0.25) is 0 Å². The number of hydrogen-bond donors (Lipinski definition) is 1. The Morgan fingerprint density at radius 3 is 2.85 bits per heavy atom. The summed E-state index contributed by atoms with van der Waals surface area (Å²) in [5.74, 6) is -0.119. The van der Waals surface area contributed by atoms with Crippen molar-refractivity contribution < 1.29 is 4.79 Å². The molecule has 2 aromatic heterocycles. The molecule has 1 N–H and O–H groups in total. The molecule has 0 radical (unpaired) electrons. The lowest BCUT2D eigenvalue weighted by molar-refractivity contribution is 0.0951. The van der Waals surface area contributed by atoms with E-state index in [1.807, 2.05) is 36.5 Å². The monoisotopic (exact) mass is 284 g/mol. The fraction of sp³-hybridized carbons (Fsp3) is 0.0714. The van der Waals surface area contributed by atoms with Crippen molar-refractivity contribution in [2.24, 2.45) is 0 Å². The summed E-state index contributed by atoms with van der Waals surface area (Å²) in [6.07, 6.45) is 5.22. The minimum atomic E-state index is -0.119. The van der Waals surface area contributed by atoms with Crippen LogP contribution in [0.1, 0.15) is 15.9 Å². The molecule has 20 heavy (non-hydrogen) atoms. The molecule has 0 aliphatic rings. The van der Waals surface area contributed by atoms with Crippen molar-refractivity contribution in [1.82, 2.24) is 19.5 Å². The number of nitrogens with one attached hydrogen (secondary N) is 1. The van der Waals surface area contributed by atoms with Crippen LogP contribution >= 0.6 is 11.5 Å². The van der Waals surface area contributed by atoms with Crippen LogP contribution < -0.4 is 5.32 Å². The summed E-state index contributed by atoms with van der Waals surface area (Å²) in [5.41, 5.74) is 2.53. The van der Waals surface area contributed by atoms with E-state index in [9.17, 15) is 4.79 Å². The van der Waals surface area contributed by atoms with E-state index in [-0.39, 0.29) is 5.91 Å². The van der Waals surface area contributed by atoms with Crippen LogP contribution in [0.15, 0.2) is 54.3 Å². The van der Waals surface area contributed by atoms with Crippen LogP contribution in [0, 0.1) is 0 Å². The summed E-state index contributed by atoms with van der Waals surface area (Å²) in [6, 6.07) is 9.84. The summed E-state index contributed by atoms with van der Waals surface area (Å²) in [4.78, 5) is 11.8. The molecule has 0 bridgehead atoms. The van der Waals surface area contributed by atoms with Crippen LogP contribution in [0.5, 0.6) is 0 Å². The van der Waals surface area contributed by atoms with Gasteiger partial charge in [-0.3, -0.25) is 4.79 Å². The molecule has 5 nitrogen and oxygen atoms in total. The fourth-order valence-electron chi connectivity index (χ4n) is 1.77. The number of para-hydroxylation sites is 1. The van der Waals surface area contributed by atoms with Crippen molar-refractivity contribution in [2.45, 2.75) is 6.54 Å². The lowest BCUT2D eigenvalue weighted by atomic mass is 10.3. The van der Waals surface area contributed by atoms with Crippen molar-refractivity contribution in [3.63, 3.8) is 0 Å². The molecule has 0 aliphatic heterocycles. The second kappa shape index (κ2) is 5.66. The van der Waals surface area contributed by atoms with Crippen molar-refractivity contribution >= 4 is 17.4 Å². The van der Waals surface area contributed by atoms with Gasteiger partial charge in [0.25, 0.3) is 5.91 Å². The van der Waals surface area contributed by atoms with Gasteiger partial charge in [-0.05, 0) is 23.7 Å². The van der Waals surface area contributed by atoms with Crippen molar-refractivity contribution in [3.05, 3.63) is 65.4 Å². The van der Waals surface area contributed by atoms with E-state index in [0.29, 0.717) is 12.1 Å². The number of benzene rings is 1. The van der Waals surface area contributed by atoms with Gasteiger partial charge in [0.15, 0.2) is 0 Å². The van der Waals surface area contributed by atoms with Crippen LogP contribution in [-0.4, -0.2) is 20.1 Å². The van der Waals surface area contributed by atoms with Gasteiger partial charge in [0.2, 0.25) is 0 Å². The molecule has 3 rings (SSSR count). The highest BCUT2D eigenvalue weighted by molar-refractivity contribution is 7.03. The smallest absolute Gasteiger partial charge is 0.254 e. The summed E-state index contributed by atoms with van der Waals surface area (Å²) in [5, 5.41) is 8.85. The highest BCUT2D eigenvalue weighted by Gasteiger charge is 2.07. The highest BCUT2D eigenvalue weighted by atomic mass is 32.1. The normalized spacial score (nSPS) is 10.4. The van der Waals surface area contributed by atoms with Gasteiger partial charge in [-0.2, -0.15) is 5.10 Å². The zero-order valence-electron chi connectivity index (χ0n) is 10.6. The van der Waals surface area contributed by atoms with E-state index in [2.05, 4.69) is 14.8 Å². The first-order valence-electron chi connectivity index (χ1n) is 6.09. The maximum Gasteiger partial charge on any atom is 0.254 e. The molecule has 6 heteroatoms. The standard InChI is InChI=1S/C14H12N4OS/c19-14(12-8-17-20-10-12)15-6-11-7-16-18(9-11)13-4-2-1-3-5-13/h1-5,7-10H,6H2,(H,15,19). The lowest BCUT2D eigenvalue weighted by Crippen LogP contribution is -2.21. The molecule has 1 amide bonds. The SMILES string of the molecule is O=C(NCc1cnn(-c2ccccc2)c1)c1cnsc1. The Bertz CT molecular complexity index is 691. The Balaban J connectivity index is 1.65. The third-order valence-corrected chi connectivity index (χ3v) is 3.39. The molecule has 0 spiro atoms. The fourth-order valence-corrected chi connectivity index (χ4v) is 2.29. The lowest BCUT2D eigenvalue weighted by Gasteiger charge is -2.01. The molecule has 1 aromatic carbocycles. The van der Waals surface area contributed by atoms with Crippen LogP contribution in [0.25, 0.3) is 5.69 Å². The third kappa shape index (κ3) is 2.75. The number of carbonyl (C=O) groups is 1. The number of rotatable bonds is 4. The number of carbonyl (C=O) groups excluding carboxylic acids is 1. The molecule has 100 valence electrons. The van der Waals surface area contributed by atoms with Gasteiger partial charge in [0.05, 0.1) is 23.6 Å².